The maximum Gasteiger partial charge on any atom is 0.407 e. The number of allylic oxidation sites excluding steroid dienone is 1. The molecule has 3 fully saturated rings. The average Bonchev–Trinajstić information content (AvgIpc) is 3.99. The van der Waals surface area contributed by atoms with Crippen molar-refractivity contribution in [3.63, 3.8) is 0 Å². The van der Waals surface area contributed by atoms with Crippen molar-refractivity contribution in [2.75, 3.05) is 20.3 Å². The Balaban J connectivity index is 1.41. The van der Waals surface area contributed by atoms with E-state index in [1.54, 1.807) is 7.11 Å². The first kappa shape index (κ1) is 35.4. The van der Waals surface area contributed by atoms with Gasteiger partial charge in [-0.2, -0.15) is 0 Å². The lowest BCUT2D eigenvalue weighted by atomic mass is 10.1. The number of cyclic esters (lactones) is 1. The maximum absolute atomic E-state index is 14.1. The number of carbonyl (C=O) groups excluding carboxylic acids is 4. The van der Waals surface area contributed by atoms with E-state index in [1.807, 2.05) is 37.3 Å². The number of benzene rings is 1. The second-order valence-electron chi connectivity index (χ2n) is 13.0. The smallest absolute Gasteiger partial charge is 0.407 e. The Labute approximate surface area is 281 Å². The third-order valence-corrected chi connectivity index (χ3v) is 11.1. The molecule has 4 bridgehead atoms. The molecule has 3 N–H and O–H groups in total. The second kappa shape index (κ2) is 15.1. The van der Waals surface area contributed by atoms with E-state index in [0.29, 0.717) is 44.3 Å². The summed E-state index contributed by atoms with van der Waals surface area (Å²) < 4.78 is 44.5. The SMILES string of the molecule is C=C[C@H]1C[C@@]1(NC(=O)[C@@H]1C[C@@H]2CN1C(=O)[C@H](CCCC)NC(=O)OCCC/C=C/c1cc(cc(OC)c1)CO2)C(=O)NS(=O)(=O)C1CC1. The van der Waals surface area contributed by atoms with Crippen molar-refractivity contribution in [2.24, 2.45) is 5.92 Å². The van der Waals surface area contributed by atoms with Crippen LogP contribution < -0.4 is 20.1 Å². The summed E-state index contributed by atoms with van der Waals surface area (Å²) in [5.41, 5.74) is 0.242. The van der Waals surface area contributed by atoms with Gasteiger partial charge >= 0.3 is 6.09 Å². The Hall–Kier alpha value is -3.91. The lowest BCUT2D eigenvalue weighted by Crippen LogP contribution is -2.58. The minimum atomic E-state index is -3.86. The molecule has 5 rings (SSSR count). The summed E-state index contributed by atoms with van der Waals surface area (Å²) in [5.74, 6) is -1.74. The number of nitrogens with one attached hydrogen (secondary N) is 3. The average molecular weight is 687 g/mol. The molecule has 2 aliphatic carbocycles. The molecule has 4 aliphatic rings. The third-order valence-electron chi connectivity index (χ3n) is 9.30. The molecule has 2 heterocycles. The van der Waals surface area contributed by atoms with Gasteiger partial charge in [-0.05, 0) is 67.9 Å². The number of fused-ring (bicyclic) bond motifs is 4. The quantitative estimate of drug-likeness (QED) is 0.313. The Morgan fingerprint density at radius 1 is 1.23 bits per heavy atom. The van der Waals surface area contributed by atoms with Crippen molar-refractivity contribution >= 4 is 39.9 Å². The summed E-state index contributed by atoms with van der Waals surface area (Å²) in [7, 11) is -2.28. The van der Waals surface area contributed by atoms with Gasteiger partial charge in [0.2, 0.25) is 21.8 Å². The number of hydrogen-bond donors (Lipinski definition) is 3. The number of carbonyl (C=O) groups is 4. The zero-order chi connectivity index (χ0) is 34.5. The minimum absolute atomic E-state index is 0.0626. The molecule has 13 nitrogen and oxygen atoms in total. The molecule has 0 radical (unpaired) electrons. The van der Waals surface area contributed by atoms with Crippen molar-refractivity contribution in [1.82, 2.24) is 20.3 Å². The summed E-state index contributed by atoms with van der Waals surface area (Å²) in [4.78, 5) is 55.6. The van der Waals surface area contributed by atoms with Gasteiger partial charge in [0.1, 0.15) is 23.4 Å². The fourth-order valence-electron chi connectivity index (χ4n) is 6.26. The fraction of sp³-hybridized carbons (Fsp3) is 0.588. The van der Waals surface area contributed by atoms with Crippen molar-refractivity contribution in [2.45, 2.75) is 100 Å². The third kappa shape index (κ3) is 8.38. The van der Waals surface area contributed by atoms with Crippen LogP contribution in [0, 0.1) is 5.92 Å². The molecule has 0 aromatic heterocycles. The van der Waals surface area contributed by atoms with Crippen molar-refractivity contribution in [3.05, 3.63) is 48.1 Å². The van der Waals surface area contributed by atoms with Crippen LogP contribution in [0.3, 0.4) is 0 Å². The van der Waals surface area contributed by atoms with Crippen LogP contribution in [0.4, 0.5) is 4.79 Å². The van der Waals surface area contributed by atoms with E-state index in [9.17, 15) is 27.6 Å². The minimum Gasteiger partial charge on any atom is -0.497 e. The van der Waals surface area contributed by atoms with E-state index in [-0.39, 0.29) is 32.6 Å². The maximum atomic E-state index is 14.1. The number of sulfonamides is 1. The monoisotopic (exact) mass is 686 g/mol. The Morgan fingerprint density at radius 2 is 2.02 bits per heavy atom. The Bertz CT molecular complexity index is 1540. The first-order valence-corrected chi connectivity index (χ1v) is 18.2. The molecule has 2 saturated carbocycles. The molecular weight excluding hydrogens is 640 g/mol. The van der Waals surface area contributed by atoms with E-state index in [0.717, 1.165) is 17.5 Å². The van der Waals surface area contributed by atoms with Gasteiger partial charge in [0.15, 0.2) is 0 Å². The number of ether oxygens (including phenoxy) is 3. The predicted octanol–water partition coefficient (Wildman–Crippen LogP) is 2.94. The number of amides is 4. The van der Waals surface area contributed by atoms with Gasteiger partial charge in [0, 0.05) is 18.9 Å². The summed E-state index contributed by atoms with van der Waals surface area (Å²) in [5, 5.41) is 4.87. The highest BCUT2D eigenvalue weighted by Crippen LogP contribution is 2.45. The first-order valence-electron chi connectivity index (χ1n) is 16.7. The van der Waals surface area contributed by atoms with Crippen LogP contribution in [0.2, 0.25) is 0 Å². The van der Waals surface area contributed by atoms with Crippen LogP contribution >= 0.6 is 0 Å². The van der Waals surface area contributed by atoms with Crippen LogP contribution in [0.15, 0.2) is 36.9 Å². The van der Waals surface area contributed by atoms with Crippen LogP contribution in [0.1, 0.15) is 75.8 Å². The highest BCUT2D eigenvalue weighted by molar-refractivity contribution is 7.91. The zero-order valence-electron chi connectivity index (χ0n) is 27.6. The molecule has 0 unspecified atom stereocenters. The van der Waals surface area contributed by atoms with Gasteiger partial charge < -0.3 is 29.7 Å². The van der Waals surface area contributed by atoms with Crippen molar-refractivity contribution in [1.29, 1.82) is 0 Å². The summed E-state index contributed by atoms with van der Waals surface area (Å²) in [6.07, 6.45) is 8.42. The van der Waals surface area contributed by atoms with E-state index in [4.69, 9.17) is 14.2 Å². The molecule has 1 aromatic rings. The normalized spacial score (nSPS) is 28.6. The van der Waals surface area contributed by atoms with Gasteiger partial charge in [-0.15, -0.1) is 6.58 Å². The number of unbranched alkanes of at least 4 members (excludes halogenated alkanes) is 1. The van der Waals surface area contributed by atoms with Crippen LogP contribution in [-0.4, -0.2) is 86.4 Å². The molecule has 0 spiro atoms. The van der Waals surface area contributed by atoms with Gasteiger partial charge in [-0.25, -0.2) is 13.2 Å². The Kier molecular flexibility index (Phi) is 11.1. The van der Waals surface area contributed by atoms with Crippen molar-refractivity contribution < 1.29 is 41.8 Å². The van der Waals surface area contributed by atoms with E-state index >= 15 is 0 Å². The fourth-order valence-corrected chi connectivity index (χ4v) is 7.63. The van der Waals surface area contributed by atoms with Crippen LogP contribution in [0.5, 0.6) is 5.75 Å². The van der Waals surface area contributed by atoms with Crippen LogP contribution in [0.25, 0.3) is 6.08 Å². The van der Waals surface area contributed by atoms with Gasteiger partial charge in [0.05, 0.1) is 31.7 Å². The standard InChI is InChI=1S/C34H46N4O9S/c1-4-6-11-28-31(40)38-20-26(47-21-23-15-22(16-25(17-23)45-3)10-8-7-9-14-46-33(42)35-28)18-29(38)30(39)36-34(19-24(34)5-2)32(41)37-48(43,44)27-12-13-27/h5,8,10,15-17,24,26-29H,2,4,6-7,9,11-14,18-21H2,1,3H3,(H,35,42)(H,36,39)(H,37,41)/b10-8+/t24-,26+,28-,29-,34-/m0/s1. The van der Waals surface area contributed by atoms with Gasteiger partial charge in [-0.1, -0.05) is 38.0 Å². The number of nitrogens with zero attached hydrogens (tertiary/aromatic N) is 1. The van der Waals surface area contributed by atoms with Gasteiger partial charge in [-0.3, -0.25) is 19.1 Å². The lowest BCUT2D eigenvalue weighted by molar-refractivity contribution is -0.141. The molecule has 48 heavy (non-hydrogen) atoms. The molecule has 4 amide bonds. The summed E-state index contributed by atoms with van der Waals surface area (Å²) in [6, 6.07) is 3.73. The molecule has 262 valence electrons. The molecule has 1 saturated heterocycles. The van der Waals surface area contributed by atoms with Crippen molar-refractivity contribution in [3.8, 4) is 5.75 Å². The van der Waals surface area contributed by atoms with E-state index in [1.165, 1.54) is 11.0 Å². The molecule has 1 aromatic carbocycles. The summed E-state index contributed by atoms with van der Waals surface area (Å²) >= 11 is 0. The summed E-state index contributed by atoms with van der Waals surface area (Å²) in [6.45, 7) is 6.13. The second-order valence-corrected chi connectivity index (χ2v) is 15.0. The molecule has 2 aliphatic heterocycles. The number of hydrogen-bond acceptors (Lipinski definition) is 9. The van der Waals surface area contributed by atoms with Gasteiger partial charge in [0.25, 0.3) is 5.91 Å². The molecule has 14 heteroatoms. The van der Waals surface area contributed by atoms with Crippen LogP contribution in [-0.2, 0) is 40.5 Å². The van der Waals surface area contributed by atoms with E-state index < -0.39 is 68.7 Å². The first-order chi connectivity index (χ1) is 23.0. The molecular formula is C34H46N4O9S. The highest BCUT2D eigenvalue weighted by Gasteiger charge is 2.62. The lowest BCUT2D eigenvalue weighted by Gasteiger charge is -2.29. The Morgan fingerprint density at radius 3 is 2.71 bits per heavy atom. The number of alkyl carbamates (subject to hydrolysis) is 1. The topological polar surface area (TPSA) is 169 Å². The molecule has 5 atom stereocenters. The predicted molar refractivity (Wildman–Crippen MR) is 177 cm³/mol. The number of methoxy groups -OCH3 is 1. The zero-order valence-corrected chi connectivity index (χ0v) is 28.4. The highest BCUT2D eigenvalue weighted by atomic mass is 32.2. The number of rotatable bonds is 10. The largest absolute Gasteiger partial charge is 0.497 e. The van der Waals surface area contributed by atoms with E-state index in [2.05, 4.69) is 21.9 Å².